The largest absolute Gasteiger partial charge is 0.481 e. The molecule has 2 aromatic rings. The molecule has 164 valence electrons. The lowest BCUT2D eigenvalue weighted by Crippen LogP contribution is -2.55. The van der Waals surface area contributed by atoms with Crippen LogP contribution in [0.2, 0.25) is 0 Å². The zero-order valence-electron chi connectivity index (χ0n) is 16.7. The van der Waals surface area contributed by atoms with Crippen LogP contribution in [-0.2, 0) is 32.0 Å². The molecule has 9 heteroatoms. The topological polar surface area (TPSA) is 159 Å². The van der Waals surface area contributed by atoms with Crippen molar-refractivity contribution in [2.24, 2.45) is 5.73 Å². The molecule has 0 radical (unpaired) electrons. The van der Waals surface area contributed by atoms with Crippen molar-refractivity contribution in [1.29, 1.82) is 0 Å². The van der Waals surface area contributed by atoms with E-state index in [1.807, 2.05) is 6.07 Å². The molecule has 0 aromatic heterocycles. The Balaban J connectivity index is 2.05. The zero-order valence-corrected chi connectivity index (χ0v) is 16.7. The maximum absolute atomic E-state index is 12.6. The fourth-order valence-electron chi connectivity index (χ4n) is 2.95. The van der Waals surface area contributed by atoms with Gasteiger partial charge in [-0.25, -0.2) is 4.79 Å². The summed E-state index contributed by atoms with van der Waals surface area (Å²) in [6.07, 6.45) is -0.518. The van der Waals surface area contributed by atoms with E-state index < -0.39 is 48.3 Å². The highest BCUT2D eigenvalue weighted by Gasteiger charge is 2.29. The van der Waals surface area contributed by atoms with E-state index in [4.69, 9.17) is 10.8 Å². The molecule has 0 aliphatic heterocycles. The van der Waals surface area contributed by atoms with Crippen LogP contribution in [0.5, 0.6) is 0 Å². The Morgan fingerprint density at radius 1 is 0.742 bits per heavy atom. The Morgan fingerprint density at radius 3 is 1.71 bits per heavy atom. The average molecular weight is 427 g/mol. The van der Waals surface area contributed by atoms with Gasteiger partial charge in [-0.1, -0.05) is 60.7 Å². The minimum Gasteiger partial charge on any atom is -0.481 e. The Morgan fingerprint density at radius 2 is 1.23 bits per heavy atom. The molecule has 2 aromatic carbocycles. The summed E-state index contributed by atoms with van der Waals surface area (Å²) in [4.78, 5) is 47.8. The predicted octanol–water partition coefficient (Wildman–Crippen LogP) is 0.328. The van der Waals surface area contributed by atoms with Crippen LogP contribution in [0.4, 0.5) is 0 Å². The van der Waals surface area contributed by atoms with E-state index in [0.29, 0.717) is 5.56 Å². The molecule has 2 rings (SSSR count). The van der Waals surface area contributed by atoms with Crippen molar-refractivity contribution in [1.82, 2.24) is 10.6 Å². The predicted molar refractivity (Wildman–Crippen MR) is 112 cm³/mol. The molecular weight excluding hydrogens is 402 g/mol. The highest BCUT2D eigenvalue weighted by atomic mass is 16.4. The molecule has 0 aliphatic rings. The van der Waals surface area contributed by atoms with Gasteiger partial charge in [-0.15, -0.1) is 0 Å². The number of carboxylic acid groups (broad SMARTS) is 2. The second-order valence-electron chi connectivity index (χ2n) is 7.04. The molecule has 0 heterocycles. The third-order valence-electron chi connectivity index (χ3n) is 4.54. The molecule has 0 bridgehead atoms. The van der Waals surface area contributed by atoms with E-state index in [1.54, 1.807) is 54.6 Å². The molecule has 0 saturated carbocycles. The average Bonchev–Trinajstić information content (AvgIpc) is 2.73. The van der Waals surface area contributed by atoms with Crippen LogP contribution in [0, 0.1) is 0 Å². The number of amides is 2. The maximum Gasteiger partial charge on any atom is 0.326 e. The van der Waals surface area contributed by atoms with E-state index in [9.17, 15) is 24.3 Å². The van der Waals surface area contributed by atoms with E-state index in [-0.39, 0.29) is 12.8 Å². The van der Waals surface area contributed by atoms with E-state index >= 15 is 0 Å². The van der Waals surface area contributed by atoms with Crippen molar-refractivity contribution in [3.8, 4) is 0 Å². The van der Waals surface area contributed by atoms with Crippen molar-refractivity contribution >= 4 is 23.8 Å². The fraction of sp³-hybridized carbons (Fsp3) is 0.273. The highest BCUT2D eigenvalue weighted by Crippen LogP contribution is 2.06. The third-order valence-corrected chi connectivity index (χ3v) is 4.54. The minimum absolute atomic E-state index is 0.00315. The lowest BCUT2D eigenvalue weighted by atomic mass is 10.0. The van der Waals surface area contributed by atoms with Gasteiger partial charge in [0.25, 0.3) is 0 Å². The van der Waals surface area contributed by atoms with Gasteiger partial charge in [-0.05, 0) is 17.5 Å². The van der Waals surface area contributed by atoms with Gasteiger partial charge in [0.2, 0.25) is 11.8 Å². The highest BCUT2D eigenvalue weighted by molar-refractivity contribution is 5.94. The Kier molecular flexibility index (Phi) is 8.71. The molecule has 2 amide bonds. The normalized spacial score (nSPS) is 13.5. The second-order valence-corrected chi connectivity index (χ2v) is 7.04. The third kappa shape index (κ3) is 7.90. The monoisotopic (exact) mass is 427 g/mol. The van der Waals surface area contributed by atoms with Crippen LogP contribution in [0.3, 0.4) is 0 Å². The molecule has 0 aliphatic carbocycles. The van der Waals surface area contributed by atoms with Gasteiger partial charge in [-0.2, -0.15) is 0 Å². The van der Waals surface area contributed by atoms with Crippen LogP contribution < -0.4 is 16.4 Å². The van der Waals surface area contributed by atoms with Crippen molar-refractivity contribution in [2.45, 2.75) is 37.4 Å². The molecular formula is C22H25N3O6. The fourth-order valence-corrected chi connectivity index (χ4v) is 2.95. The van der Waals surface area contributed by atoms with Gasteiger partial charge < -0.3 is 26.6 Å². The molecule has 31 heavy (non-hydrogen) atoms. The van der Waals surface area contributed by atoms with Crippen molar-refractivity contribution < 1.29 is 29.4 Å². The number of carboxylic acids is 2. The van der Waals surface area contributed by atoms with Crippen molar-refractivity contribution in [3.63, 3.8) is 0 Å². The van der Waals surface area contributed by atoms with Crippen LogP contribution in [0.25, 0.3) is 0 Å². The van der Waals surface area contributed by atoms with Crippen LogP contribution in [-0.4, -0.2) is 52.1 Å². The summed E-state index contributed by atoms with van der Waals surface area (Å²) < 4.78 is 0. The lowest BCUT2D eigenvalue weighted by molar-refractivity contribution is -0.143. The number of hydrogen-bond donors (Lipinski definition) is 5. The number of carbonyl (C=O) groups excluding carboxylic acids is 2. The number of nitrogens with one attached hydrogen (secondary N) is 2. The summed E-state index contributed by atoms with van der Waals surface area (Å²) in [5.74, 6) is -4.23. The second kappa shape index (κ2) is 11.5. The van der Waals surface area contributed by atoms with Gasteiger partial charge in [0.05, 0.1) is 12.5 Å². The number of carbonyl (C=O) groups is 4. The van der Waals surface area contributed by atoms with Crippen LogP contribution in [0.1, 0.15) is 17.5 Å². The van der Waals surface area contributed by atoms with E-state index in [0.717, 1.165) is 5.56 Å². The maximum atomic E-state index is 12.6. The number of aliphatic carboxylic acids is 2. The molecule has 9 nitrogen and oxygen atoms in total. The molecule has 6 N–H and O–H groups in total. The van der Waals surface area contributed by atoms with Crippen LogP contribution in [0.15, 0.2) is 60.7 Å². The van der Waals surface area contributed by atoms with E-state index in [1.165, 1.54) is 0 Å². The van der Waals surface area contributed by atoms with Gasteiger partial charge in [-0.3, -0.25) is 14.4 Å². The first-order valence-electron chi connectivity index (χ1n) is 9.65. The quantitative estimate of drug-likeness (QED) is 0.345. The van der Waals surface area contributed by atoms with Crippen molar-refractivity contribution in [3.05, 3.63) is 71.8 Å². The molecule has 0 unspecified atom stereocenters. The first kappa shape index (κ1) is 23.6. The molecule has 0 fully saturated rings. The number of nitrogens with two attached hydrogens (primary N) is 1. The summed E-state index contributed by atoms with van der Waals surface area (Å²) in [6, 6.07) is 13.9. The first-order chi connectivity index (χ1) is 14.8. The van der Waals surface area contributed by atoms with Gasteiger partial charge in [0.15, 0.2) is 0 Å². The summed E-state index contributed by atoms with van der Waals surface area (Å²) >= 11 is 0. The molecule has 3 atom stereocenters. The standard InChI is InChI=1S/C22H25N3O6/c23-16(11-14-7-3-1-4-8-14)20(28)24-17(13-19(26)27)21(29)25-18(22(30)31)12-15-9-5-2-6-10-15/h1-10,16-18H,11-13,23H2,(H,24,28)(H,25,29)(H,26,27)(H,30,31)/t16-,17-,18-/m0/s1. The molecule has 0 saturated heterocycles. The number of hydrogen-bond acceptors (Lipinski definition) is 5. The van der Waals surface area contributed by atoms with Gasteiger partial charge in [0, 0.05) is 6.42 Å². The minimum atomic E-state index is -1.47. The summed E-state index contributed by atoms with van der Waals surface area (Å²) in [7, 11) is 0. The van der Waals surface area contributed by atoms with Crippen LogP contribution >= 0.6 is 0 Å². The smallest absolute Gasteiger partial charge is 0.326 e. The van der Waals surface area contributed by atoms with E-state index in [2.05, 4.69) is 10.6 Å². The Hall–Kier alpha value is -3.72. The summed E-state index contributed by atoms with van der Waals surface area (Å²) in [5.41, 5.74) is 7.38. The zero-order chi connectivity index (χ0) is 22.8. The number of rotatable bonds is 11. The number of benzene rings is 2. The lowest BCUT2D eigenvalue weighted by Gasteiger charge is -2.22. The molecule has 0 spiro atoms. The SMILES string of the molecule is N[C@@H](Cc1ccccc1)C(=O)N[C@@H](CC(=O)O)C(=O)N[C@@H](Cc1ccccc1)C(=O)O. The first-order valence-corrected chi connectivity index (χ1v) is 9.65. The summed E-state index contributed by atoms with van der Waals surface area (Å²) in [5, 5.41) is 23.2. The Bertz CT molecular complexity index is 904. The Labute approximate surface area is 179 Å². The summed E-state index contributed by atoms with van der Waals surface area (Å²) in [6.45, 7) is 0. The van der Waals surface area contributed by atoms with Gasteiger partial charge in [0.1, 0.15) is 12.1 Å². The van der Waals surface area contributed by atoms with Crippen molar-refractivity contribution in [2.75, 3.05) is 0 Å². The van der Waals surface area contributed by atoms with Gasteiger partial charge >= 0.3 is 11.9 Å².